The van der Waals surface area contributed by atoms with Crippen LogP contribution in [0.4, 0.5) is 0 Å². The third-order valence-electron chi connectivity index (χ3n) is 6.41. The van der Waals surface area contributed by atoms with Crippen LogP contribution in [0.2, 0.25) is 17.7 Å². The van der Waals surface area contributed by atoms with E-state index < -0.39 is 38.1 Å². The SMILES string of the molecule is CCC[CH2][Sn]([CH2]CCC)([O]C)[N](CCCN(C)C)[Sn]([CH2]CCC)([CH2]CCC)[O]C. The van der Waals surface area contributed by atoms with E-state index >= 15 is 0 Å². The van der Waals surface area contributed by atoms with Gasteiger partial charge in [0.15, 0.2) is 0 Å². The van der Waals surface area contributed by atoms with Crippen molar-refractivity contribution in [3.05, 3.63) is 0 Å². The third kappa shape index (κ3) is 10.7. The van der Waals surface area contributed by atoms with Crippen LogP contribution < -0.4 is 0 Å². The first-order valence-electron chi connectivity index (χ1n) is 12.4. The zero-order valence-corrected chi connectivity index (χ0v) is 27.0. The summed E-state index contributed by atoms with van der Waals surface area (Å²) in [4.78, 5) is 2.34. The summed E-state index contributed by atoms with van der Waals surface area (Å²) in [5.41, 5.74) is 0. The van der Waals surface area contributed by atoms with E-state index in [0.717, 1.165) is 6.54 Å². The van der Waals surface area contributed by atoms with E-state index in [2.05, 4.69) is 62.3 Å². The monoisotopic (exact) mass is 630 g/mol. The molecule has 0 fully saturated rings. The molecule has 0 bridgehead atoms. The molecule has 0 atom stereocenters. The molecule has 0 aromatic carbocycles. The first-order valence-corrected chi connectivity index (χ1v) is 25.4. The molecule has 0 aromatic heterocycles. The van der Waals surface area contributed by atoms with E-state index in [0.29, 0.717) is 0 Å². The van der Waals surface area contributed by atoms with Gasteiger partial charge >= 0.3 is 195 Å². The Morgan fingerprint density at radius 3 is 1.14 bits per heavy atom. The Bertz CT molecular complexity index is 340. The molecule has 0 aliphatic heterocycles. The van der Waals surface area contributed by atoms with Crippen LogP contribution in [0.1, 0.15) is 85.5 Å². The predicted octanol–water partition coefficient (Wildman–Crippen LogP) is 6.62. The molecule has 0 rings (SSSR count). The molecule has 0 aromatic rings. The summed E-state index contributed by atoms with van der Waals surface area (Å²) >= 11 is -5.87. The van der Waals surface area contributed by atoms with E-state index in [1.54, 1.807) is 0 Å². The zero-order valence-electron chi connectivity index (χ0n) is 21.3. The maximum atomic E-state index is 6.72. The first kappa shape index (κ1) is 30.4. The standard InChI is InChI=1S/C5H12N2.4C4H9.2CH3O.2Sn/c1-7(2)5-3-4-6;4*1-3-4-2;2*1-2;;/h3-5H2,1-2H3;4*1,3-4H2,2H3;2*1H3;;/q;;;;;2*-1;2*+1. The van der Waals surface area contributed by atoms with Crippen molar-refractivity contribution in [2.24, 2.45) is 0 Å². The third-order valence-corrected chi connectivity index (χ3v) is 46.2. The molecule has 0 N–H and O–H groups in total. The average Bonchev–Trinajstić information content (AvgIpc) is 2.73. The van der Waals surface area contributed by atoms with E-state index in [-0.39, 0.29) is 0 Å². The first-order chi connectivity index (χ1) is 13.9. The summed E-state index contributed by atoms with van der Waals surface area (Å²) in [5.74, 6) is 0. The Morgan fingerprint density at radius 1 is 0.552 bits per heavy atom. The fraction of sp³-hybridized carbons (Fsp3) is 1.00. The number of unbranched alkanes of at least 4 members (excludes halogenated alkanes) is 4. The fourth-order valence-corrected chi connectivity index (χ4v) is 54.6. The van der Waals surface area contributed by atoms with Crippen molar-refractivity contribution in [3.8, 4) is 0 Å². The van der Waals surface area contributed by atoms with Crippen molar-refractivity contribution in [2.75, 3.05) is 41.4 Å². The molecule has 0 amide bonds. The molecule has 29 heavy (non-hydrogen) atoms. The normalized spacial score (nSPS) is 13.0. The van der Waals surface area contributed by atoms with Gasteiger partial charge in [-0.1, -0.05) is 0 Å². The van der Waals surface area contributed by atoms with Crippen molar-refractivity contribution in [1.82, 2.24) is 6.24 Å². The second-order valence-electron chi connectivity index (χ2n) is 9.02. The molecule has 0 aliphatic carbocycles. The van der Waals surface area contributed by atoms with E-state index in [9.17, 15) is 0 Å². The molecule has 0 saturated carbocycles. The Labute approximate surface area is 194 Å². The van der Waals surface area contributed by atoms with E-state index in [1.807, 2.05) is 0 Å². The molecule has 4 nitrogen and oxygen atoms in total. The number of hydrogen-bond donors (Lipinski definition) is 0. The van der Waals surface area contributed by atoms with Crippen LogP contribution >= 0.6 is 0 Å². The van der Waals surface area contributed by atoms with Crippen LogP contribution in [0.15, 0.2) is 0 Å². The van der Waals surface area contributed by atoms with Gasteiger partial charge in [0.05, 0.1) is 0 Å². The van der Waals surface area contributed by atoms with Crippen LogP contribution in [0.5, 0.6) is 0 Å². The Kier molecular flexibility index (Phi) is 18.8. The van der Waals surface area contributed by atoms with Crippen LogP contribution in [0.25, 0.3) is 0 Å². The van der Waals surface area contributed by atoms with Crippen molar-refractivity contribution < 1.29 is 6.15 Å². The molecule has 0 heterocycles. The van der Waals surface area contributed by atoms with E-state index in [1.165, 1.54) is 82.1 Å². The average molecular weight is 628 g/mol. The quantitative estimate of drug-likeness (QED) is 0.142. The number of hydrogen-bond acceptors (Lipinski definition) is 4. The Balaban J connectivity index is 6.12. The van der Waals surface area contributed by atoms with Gasteiger partial charge in [0.2, 0.25) is 0 Å². The minimum atomic E-state index is -2.93. The summed E-state index contributed by atoms with van der Waals surface area (Å²) in [6, 6.07) is 0. The van der Waals surface area contributed by atoms with Gasteiger partial charge in [0.25, 0.3) is 0 Å². The van der Waals surface area contributed by atoms with Crippen molar-refractivity contribution >= 4 is 38.1 Å². The number of rotatable bonds is 20. The van der Waals surface area contributed by atoms with Crippen molar-refractivity contribution in [1.29, 1.82) is 0 Å². The summed E-state index contributed by atoms with van der Waals surface area (Å²) in [5, 5.41) is 0. The molecule has 6 heteroatoms. The zero-order chi connectivity index (χ0) is 22.2. The molecule has 176 valence electrons. The van der Waals surface area contributed by atoms with Gasteiger partial charge in [-0.15, -0.1) is 0 Å². The van der Waals surface area contributed by atoms with Gasteiger partial charge in [-0.05, 0) is 0 Å². The van der Waals surface area contributed by atoms with Gasteiger partial charge in [-0.25, -0.2) is 0 Å². The second kappa shape index (κ2) is 17.9. The van der Waals surface area contributed by atoms with Crippen LogP contribution in [-0.2, 0) is 6.15 Å². The molecule has 0 aliphatic rings. The van der Waals surface area contributed by atoms with Gasteiger partial charge in [0.1, 0.15) is 0 Å². The molecular weight excluding hydrogens is 574 g/mol. The minimum absolute atomic E-state index is 1.16. The summed E-state index contributed by atoms with van der Waals surface area (Å²) in [6.07, 6.45) is 11.6. The summed E-state index contributed by atoms with van der Waals surface area (Å²) < 4.78 is 22.0. The molecule has 0 unspecified atom stereocenters. The summed E-state index contributed by atoms with van der Waals surface area (Å²) in [7, 11) is 8.53. The van der Waals surface area contributed by atoms with Crippen molar-refractivity contribution in [2.45, 2.75) is 103 Å². The fourth-order valence-electron chi connectivity index (χ4n) is 4.55. The molecule has 0 spiro atoms. The number of nitrogens with zero attached hydrogens (tertiary/aromatic N) is 2. The second-order valence-corrected chi connectivity index (χ2v) is 34.6. The van der Waals surface area contributed by atoms with Gasteiger partial charge in [-0.3, -0.25) is 0 Å². The van der Waals surface area contributed by atoms with Gasteiger partial charge in [-0.2, -0.15) is 0 Å². The van der Waals surface area contributed by atoms with Crippen molar-refractivity contribution in [3.63, 3.8) is 0 Å². The van der Waals surface area contributed by atoms with E-state index in [4.69, 9.17) is 6.15 Å². The molecular formula is C23H54N2O2Sn2. The topological polar surface area (TPSA) is 24.9 Å². The van der Waals surface area contributed by atoms with Gasteiger partial charge < -0.3 is 0 Å². The van der Waals surface area contributed by atoms with Gasteiger partial charge in [0, 0.05) is 0 Å². The molecule has 0 saturated heterocycles. The Morgan fingerprint density at radius 2 is 0.897 bits per heavy atom. The maximum absolute atomic E-state index is 6.72. The molecule has 0 radical (unpaired) electrons. The van der Waals surface area contributed by atoms with Crippen LogP contribution in [0.3, 0.4) is 0 Å². The van der Waals surface area contributed by atoms with Crippen LogP contribution in [-0.4, -0.2) is 85.8 Å². The predicted molar refractivity (Wildman–Crippen MR) is 134 cm³/mol. The summed E-state index contributed by atoms with van der Waals surface area (Å²) in [6.45, 7) is 11.7. The Hall–Kier alpha value is 1.44. The van der Waals surface area contributed by atoms with Crippen LogP contribution in [0, 0.1) is 0 Å².